The van der Waals surface area contributed by atoms with Crippen molar-refractivity contribution >= 4 is 17.6 Å². The van der Waals surface area contributed by atoms with Crippen LogP contribution in [0.2, 0.25) is 0 Å². The molecule has 0 aliphatic heterocycles. The van der Waals surface area contributed by atoms with Crippen LogP contribution in [-0.4, -0.2) is 32.5 Å². The maximum Gasteiger partial charge on any atom is 0.145 e. The van der Waals surface area contributed by atoms with Gasteiger partial charge >= 0.3 is 0 Å². The zero-order valence-electron chi connectivity index (χ0n) is 11.3. The van der Waals surface area contributed by atoms with E-state index < -0.39 is 0 Å². The molecule has 0 unspecified atom stereocenters. The summed E-state index contributed by atoms with van der Waals surface area (Å²) in [4.78, 5) is 8.67. The van der Waals surface area contributed by atoms with E-state index in [0.717, 1.165) is 41.7 Å². The van der Waals surface area contributed by atoms with Crippen LogP contribution in [0.3, 0.4) is 0 Å². The Morgan fingerprint density at radius 2 is 2.21 bits per heavy atom. The number of aromatic amines is 1. The van der Waals surface area contributed by atoms with Crippen molar-refractivity contribution in [2.24, 2.45) is 0 Å². The summed E-state index contributed by atoms with van der Waals surface area (Å²) in [7, 11) is 0. The summed E-state index contributed by atoms with van der Waals surface area (Å²) in [5.41, 5.74) is 2.43. The first-order chi connectivity index (χ1) is 9.29. The highest BCUT2D eigenvalue weighted by Gasteiger charge is 2.01. The van der Waals surface area contributed by atoms with Crippen molar-refractivity contribution in [3.8, 4) is 0 Å². The van der Waals surface area contributed by atoms with Gasteiger partial charge in [-0.15, -0.1) is 11.8 Å². The highest BCUT2D eigenvalue weighted by Crippen LogP contribution is 2.15. The van der Waals surface area contributed by atoms with Gasteiger partial charge in [0, 0.05) is 12.2 Å². The normalized spacial score (nSPS) is 10.6. The van der Waals surface area contributed by atoms with E-state index >= 15 is 0 Å². The molecule has 0 radical (unpaired) electrons. The molecule has 0 bridgehead atoms. The molecule has 0 aliphatic carbocycles. The molecule has 2 aromatic rings. The minimum atomic E-state index is 0.849. The lowest BCUT2D eigenvalue weighted by molar-refractivity contribution is 0.849. The zero-order chi connectivity index (χ0) is 13.5. The Labute approximate surface area is 117 Å². The number of rotatable bonds is 7. The first-order valence-corrected chi connectivity index (χ1v) is 7.45. The lowest BCUT2D eigenvalue weighted by atomic mass is 10.1. The topological polar surface area (TPSA) is 66.5 Å². The van der Waals surface area contributed by atoms with Crippen LogP contribution in [0.5, 0.6) is 0 Å². The molecule has 0 amide bonds. The maximum atomic E-state index is 4.49. The SMILES string of the molecule is CCSc1cncc(NCCCc2cn[nH]c2C)n1. The van der Waals surface area contributed by atoms with Crippen molar-refractivity contribution in [2.45, 2.75) is 31.7 Å². The van der Waals surface area contributed by atoms with Gasteiger partial charge in [-0.3, -0.25) is 10.1 Å². The molecule has 0 saturated heterocycles. The fourth-order valence-corrected chi connectivity index (χ4v) is 2.37. The van der Waals surface area contributed by atoms with Gasteiger partial charge in [0.15, 0.2) is 0 Å². The highest BCUT2D eigenvalue weighted by molar-refractivity contribution is 7.99. The third-order valence-electron chi connectivity index (χ3n) is 2.77. The van der Waals surface area contributed by atoms with Crippen LogP contribution in [0.25, 0.3) is 0 Å². The summed E-state index contributed by atoms with van der Waals surface area (Å²) >= 11 is 1.70. The molecule has 0 spiro atoms. The Hall–Kier alpha value is -1.56. The van der Waals surface area contributed by atoms with Crippen LogP contribution in [0.4, 0.5) is 5.82 Å². The molecule has 102 valence electrons. The predicted octanol–water partition coefficient (Wildman–Crippen LogP) is 2.66. The Kier molecular flexibility index (Phi) is 5.20. The molecule has 19 heavy (non-hydrogen) atoms. The molecule has 2 aromatic heterocycles. The number of nitrogens with one attached hydrogen (secondary N) is 2. The first kappa shape index (κ1) is 13.9. The number of anilines is 1. The summed E-state index contributed by atoms with van der Waals surface area (Å²) in [6.07, 6.45) is 7.53. The number of aryl methyl sites for hydroxylation is 2. The van der Waals surface area contributed by atoms with Crippen molar-refractivity contribution in [1.82, 2.24) is 20.2 Å². The lowest BCUT2D eigenvalue weighted by Gasteiger charge is -2.06. The summed E-state index contributed by atoms with van der Waals surface area (Å²) < 4.78 is 0. The van der Waals surface area contributed by atoms with Gasteiger partial charge < -0.3 is 5.32 Å². The maximum absolute atomic E-state index is 4.49. The van der Waals surface area contributed by atoms with Gasteiger partial charge in [-0.2, -0.15) is 5.10 Å². The molecule has 5 nitrogen and oxygen atoms in total. The average molecular weight is 277 g/mol. The largest absolute Gasteiger partial charge is 0.369 e. The van der Waals surface area contributed by atoms with Crippen LogP contribution in [-0.2, 0) is 6.42 Å². The number of thioether (sulfide) groups is 1. The third-order valence-corrected chi connectivity index (χ3v) is 3.55. The minimum absolute atomic E-state index is 0.849. The van der Waals surface area contributed by atoms with Gasteiger partial charge in [0.05, 0.1) is 18.6 Å². The number of hydrogen-bond donors (Lipinski definition) is 2. The van der Waals surface area contributed by atoms with E-state index in [1.54, 1.807) is 24.2 Å². The minimum Gasteiger partial charge on any atom is -0.369 e. The quantitative estimate of drug-likeness (QED) is 0.601. The van der Waals surface area contributed by atoms with E-state index in [9.17, 15) is 0 Å². The average Bonchev–Trinajstić information content (AvgIpc) is 2.81. The Balaban J connectivity index is 1.76. The van der Waals surface area contributed by atoms with Gasteiger partial charge in [-0.05, 0) is 31.1 Å². The summed E-state index contributed by atoms with van der Waals surface area (Å²) in [6.45, 7) is 5.05. The predicted molar refractivity (Wildman–Crippen MR) is 78.6 cm³/mol. The number of nitrogens with zero attached hydrogens (tertiary/aromatic N) is 3. The number of aromatic nitrogens is 4. The van der Waals surface area contributed by atoms with Crippen LogP contribution in [0.1, 0.15) is 24.6 Å². The van der Waals surface area contributed by atoms with E-state index in [2.05, 4.69) is 32.4 Å². The second-order valence-corrected chi connectivity index (χ2v) is 5.51. The van der Waals surface area contributed by atoms with Gasteiger partial charge in [-0.1, -0.05) is 6.92 Å². The lowest BCUT2D eigenvalue weighted by Crippen LogP contribution is -2.05. The van der Waals surface area contributed by atoms with E-state index in [1.807, 2.05) is 13.1 Å². The Morgan fingerprint density at radius 3 is 2.95 bits per heavy atom. The molecule has 2 N–H and O–H groups in total. The number of H-pyrrole nitrogens is 1. The Morgan fingerprint density at radius 1 is 1.32 bits per heavy atom. The molecular weight excluding hydrogens is 258 g/mol. The van der Waals surface area contributed by atoms with E-state index in [-0.39, 0.29) is 0 Å². The zero-order valence-corrected chi connectivity index (χ0v) is 12.1. The second kappa shape index (κ2) is 7.13. The van der Waals surface area contributed by atoms with Crippen molar-refractivity contribution in [3.63, 3.8) is 0 Å². The molecule has 0 fully saturated rings. The monoisotopic (exact) mass is 277 g/mol. The summed E-state index contributed by atoms with van der Waals surface area (Å²) in [6, 6.07) is 0. The summed E-state index contributed by atoms with van der Waals surface area (Å²) in [5.74, 6) is 1.86. The van der Waals surface area contributed by atoms with Crippen LogP contribution in [0, 0.1) is 6.92 Å². The van der Waals surface area contributed by atoms with Gasteiger partial charge in [-0.25, -0.2) is 4.98 Å². The molecule has 0 atom stereocenters. The van der Waals surface area contributed by atoms with Crippen LogP contribution < -0.4 is 5.32 Å². The van der Waals surface area contributed by atoms with Crippen molar-refractivity contribution in [2.75, 3.05) is 17.6 Å². The van der Waals surface area contributed by atoms with Crippen molar-refractivity contribution < 1.29 is 0 Å². The first-order valence-electron chi connectivity index (χ1n) is 6.47. The Bertz CT molecular complexity index is 511. The van der Waals surface area contributed by atoms with Gasteiger partial charge in [0.2, 0.25) is 0 Å². The fraction of sp³-hybridized carbons (Fsp3) is 0.462. The number of hydrogen-bond acceptors (Lipinski definition) is 5. The second-order valence-electron chi connectivity index (χ2n) is 4.23. The summed E-state index contributed by atoms with van der Waals surface area (Å²) in [5, 5.41) is 11.3. The molecule has 0 saturated carbocycles. The smallest absolute Gasteiger partial charge is 0.145 e. The molecule has 6 heteroatoms. The highest BCUT2D eigenvalue weighted by atomic mass is 32.2. The fourth-order valence-electron chi connectivity index (χ4n) is 1.77. The van der Waals surface area contributed by atoms with Gasteiger partial charge in [0.25, 0.3) is 0 Å². The van der Waals surface area contributed by atoms with E-state index in [0.29, 0.717) is 0 Å². The van der Waals surface area contributed by atoms with Crippen LogP contribution in [0.15, 0.2) is 23.6 Å². The standard InChI is InChI=1S/C13H19N5S/c1-3-19-13-9-14-8-12(17-13)15-6-4-5-11-7-16-18-10(11)2/h7-9H,3-6H2,1-2H3,(H,15,17)(H,16,18). The van der Waals surface area contributed by atoms with Crippen molar-refractivity contribution in [1.29, 1.82) is 0 Å². The molecular formula is C13H19N5S. The van der Waals surface area contributed by atoms with Crippen LogP contribution >= 0.6 is 11.8 Å². The molecule has 0 aromatic carbocycles. The molecule has 2 rings (SSSR count). The van der Waals surface area contributed by atoms with E-state index in [1.165, 1.54) is 5.56 Å². The van der Waals surface area contributed by atoms with E-state index in [4.69, 9.17) is 0 Å². The third kappa shape index (κ3) is 4.24. The van der Waals surface area contributed by atoms with Gasteiger partial charge in [0.1, 0.15) is 10.8 Å². The molecule has 2 heterocycles. The van der Waals surface area contributed by atoms with Crippen molar-refractivity contribution in [3.05, 3.63) is 29.8 Å². The molecule has 0 aliphatic rings.